The standard InChI is InChI=1S/C23H27N3O4S/c1-15-12-16(2)14-25(13-15)23(28)20-6-4-5-7-21(20)24-22(27)17(3)31-19-10-8-18(9-11-19)26(29)30/h4-11,15-17H,12-14H2,1-3H3,(H,24,27). The van der Waals surface area contributed by atoms with Crippen molar-refractivity contribution in [1.29, 1.82) is 0 Å². The van der Waals surface area contributed by atoms with Crippen molar-refractivity contribution in [2.45, 2.75) is 37.3 Å². The van der Waals surface area contributed by atoms with E-state index in [2.05, 4.69) is 19.2 Å². The molecule has 0 aromatic heterocycles. The molecule has 1 fully saturated rings. The Bertz CT molecular complexity index is 954. The molecule has 2 aromatic carbocycles. The molecule has 0 bridgehead atoms. The fraction of sp³-hybridized carbons (Fsp3) is 0.391. The summed E-state index contributed by atoms with van der Waals surface area (Å²) in [5.74, 6) is 0.606. The normalized spacial score (nSPS) is 19.5. The van der Waals surface area contributed by atoms with Crippen molar-refractivity contribution in [1.82, 2.24) is 4.90 Å². The summed E-state index contributed by atoms with van der Waals surface area (Å²) in [6.45, 7) is 7.51. The first-order valence-electron chi connectivity index (χ1n) is 10.3. The molecule has 1 saturated heterocycles. The fourth-order valence-electron chi connectivity index (χ4n) is 3.92. The number of carbonyl (C=O) groups is 2. The van der Waals surface area contributed by atoms with E-state index in [4.69, 9.17) is 0 Å². The number of nitrogens with one attached hydrogen (secondary N) is 1. The van der Waals surface area contributed by atoms with Crippen molar-refractivity contribution in [2.24, 2.45) is 11.8 Å². The van der Waals surface area contributed by atoms with Gasteiger partial charge in [-0.15, -0.1) is 11.8 Å². The fourth-order valence-corrected chi connectivity index (χ4v) is 4.78. The largest absolute Gasteiger partial charge is 0.338 e. The van der Waals surface area contributed by atoms with Crippen molar-refractivity contribution in [2.75, 3.05) is 18.4 Å². The number of nitro benzene ring substituents is 1. The Morgan fingerprint density at radius 3 is 2.32 bits per heavy atom. The van der Waals surface area contributed by atoms with Crippen LogP contribution in [0.2, 0.25) is 0 Å². The van der Waals surface area contributed by atoms with Gasteiger partial charge in [0.05, 0.1) is 21.4 Å². The number of thioether (sulfide) groups is 1. The Hall–Kier alpha value is -2.87. The highest BCUT2D eigenvalue weighted by Crippen LogP contribution is 2.28. The second-order valence-electron chi connectivity index (χ2n) is 8.20. The Balaban J connectivity index is 1.68. The first-order valence-corrected chi connectivity index (χ1v) is 11.2. The zero-order valence-corrected chi connectivity index (χ0v) is 18.7. The molecule has 31 heavy (non-hydrogen) atoms. The minimum atomic E-state index is -0.456. The number of rotatable bonds is 6. The SMILES string of the molecule is CC1CC(C)CN(C(=O)c2ccccc2NC(=O)C(C)Sc2ccc([N+](=O)[O-])cc2)C1. The Kier molecular flexibility index (Phi) is 7.33. The summed E-state index contributed by atoms with van der Waals surface area (Å²) < 4.78 is 0. The van der Waals surface area contributed by atoms with E-state index in [0.717, 1.165) is 24.4 Å². The maximum atomic E-state index is 13.2. The third-order valence-corrected chi connectivity index (χ3v) is 6.41. The number of likely N-dealkylation sites (tertiary alicyclic amines) is 1. The molecule has 3 atom stereocenters. The third-order valence-electron chi connectivity index (χ3n) is 5.30. The van der Waals surface area contributed by atoms with Crippen LogP contribution >= 0.6 is 11.8 Å². The predicted molar refractivity (Wildman–Crippen MR) is 122 cm³/mol. The van der Waals surface area contributed by atoms with E-state index in [-0.39, 0.29) is 17.5 Å². The van der Waals surface area contributed by atoms with E-state index in [1.807, 2.05) is 4.90 Å². The number of nitro groups is 1. The summed E-state index contributed by atoms with van der Waals surface area (Å²) in [7, 11) is 0. The molecule has 0 saturated carbocycles. The highest BCUT2D eigenvalue weighted by atomic mass is 32.2. The van der Waals surface area contributed by atoms with E-state index < -0.39 is 10.2 Å². The molecule has 8 heteroatoms. The maximum Gasteiger partial charge on any atom is 0.269 e. The van der Waals surface area contributed by atoms with Gasteiger partial charge in [-0.1, -0.05) is 26.0 Å². The van der Waals surface area contributed by atoms with E-state index >= 15 is 0 Å². The van der Waals surface area contributed by atoms with Crippen LogP contribution in [-0.4, -0.2) is 40.0 Å². The van der Waals surface area contributed by atoms with Gasteiger partial charge < -0.3 is 10.2 Å². The van der Waals surface area contributed by atoms with Gasteiger partial charge in [-0.25, -0.2) is 0 Å². The lowest BCUT2D eigenvalue weighted by atomic mass is 9.91. The Labute approximate surface area is 186 Å². The van der Waals surface area contributed by atoms with Gasteiger partial charge >= 0.3 is 0 Å². The highest BCUT2D eigenvalue weighted by Gasteiger charge is 2.28. The number of para-hydroxylation sites is 1. The topological polar surface area (TPSA) is 92.6 Å². The van der Waals surface area contributed by atoms with Gasteiger partial charge in [0.15, 0.2) is 0 Å². The van der Waals surface area contributed by atoms with Gasteiger partial charge in [0.1, 0.15) is 0 Å². The number of hydrogen-bond acceptors (Lipinski definition) is 5. The number of benzene rings is 2. The van der Waals surface area contributed by atoms with Gasteiger partial charge in [0, 0.05) is 30.1 Å². The van der Waals surface area contributed by atoms with Crippen LogP contribution in [0.1, 0.15) is 37.6 Å². The summed E-state index contributed by atoms with van der Waals surface area (Å²) >= 11 is 1.30. The predicted octanol–water partition coefficient (Wildman–Crippen LogP) is 4.83. The number of non-ortho nitro benzene ring substituents is 1. The van der Waals surface area contributed by atoms with E-state index in [9.17, 15) is 19.7 Å². The number of carbonyl (C=O) groups excluding carboxylic acids is 2. The van der Waals surface area contributed by atoms with Gasteiger partial charge in [0.25, 0.3) is 11.6 Å². The molecule has 2 amide bonds. The highest BCUT2D eigenvalue weighted by molar-refractivity contribution is 8.00. The van der Waals surface area contributed by atoms with Crippen LogP contribution in [-0.2, 0) is 4.79 Å². The molecule has 0 radical (unpaired) electrons. The minimum absolute atomic E-state index is 0.00948. The number of hydrogen-bond donors (Lipinski definition) is 1. The first kappa shape index (κ1) is 22.8. The summed E-state index contributed by atoms with van der Waals surface area (Å²) in [5, 5.41) is 13.2. The maximum absolute atomic E-state index is 13.2. The summed E-state index contributed by atoms with van der Waals surface area (Å²) in [6, 6.07) is 13.2. The van der Waals surface area contributed by atoms with Gasteiger partial charge in [-0.3, -0.25) is 19.7 Å². The average Bonchev–Trinajstić information content (AvgIpc) is 2.73. The van der Waals surface area contributed by atoms with E-state index in [0.29, 0.717) is 23.1 Å². The molecule has 1 heterocycles. The molecular formula is C23H27N3O4S. The van der Waals surface area contributed by atoms with Crippen LogP contribution in [0.25, 0.3) is 0 Å². The number of amides is 2. The molecule has 3 rings (SSSR count). The van der Waals surface area contributed by atoms with Gasteiger partial charge in [-0.2, -0.15) is 0 Å². The lowest BCUT2D eigenvalue weighted by molar-refractivity contribution is -0.384. The van der Waals surface area contributed by atoms with Crippen molar-refractivity contribution in [3.05, 3.63) is 64.2 Å². The van der Waals surface area contributed by atoms with Crippen LogP contribution in [0, 0.1) is 22.0 Å². The lowest BCUT2D eigenvalue weighted by Crippen LogP contribution is -2.42. The Morgan fingerprint density at radius 1 is 1.10 bits per heavy atom. The van der Waals surface area contributed by atoms with Crippen LogP contribution in [0.3, 0.4) is 0 Å². The molecule has 7 nitrogen and oxygen atoms in total. The average molecular weight is 442 g/mol. The number of anilines is 1. The second kappa shape index (κ2) is 9.96. The molecule has 1 N–H and O–H groups in total. The van der Waals surface area contributed by atoms with Gasteiger partial charge in [0.2, 0.25) is 5.91 Å². The molecule has 2 aromatic rings. The molecular weight excluding hydrogens is 414 g/mol. The van der Waals surface area contributed by atoms with Crippen molar-refractivity contribution in [3.63, 3.8) is 0 Å². The van der Waals surface area contributed by atoms with E-state index in [1.54, 1.807) is 43.3 Å². The molecule has 3 unspecified atom stereocenters. The van der Waals surface area contributed by atoms with E-state index in [1.165, 1.54) is 23.9 Å². The zero-order valence-electron chi connectivity index (χ0n) is 17.9. The summed E-state index contributed by atoms with van der Waals surface area (Å²) in [4.78, 5) is 38.9. The van der Waals surface area contributed by atoms with Gasteiger partial charge in [-0.05, 0) is 49.4 Å². The van der Waals surface area contributed by atoms with Crippen LogP contribution < -0.4 is 5.32 Å². The molecule has 1 aliphatic rings. The molecule has 1 aliphatic heterocycles. The molecule has 0 spiro atoms. The summed E-state index contributed by atoms with van der Waals surface area (Å²) in [6.07, 6.45) is 1.11. The second-order valence-corrected chi connectivity index (χ2v) is 9.62. The third kappa shape index (κ3) is 5.85. The molecule has 164 valence electrons. The van der Waals surface area contributed by atoms with Crippen molar-refractivity contribution < 1.29 is 14.5 Å². The first-order chi connectivity index (χ1) is 14.7. The van der Waals surface area contributed by atoms with Crippen LogP contribution in [0.5, 0.6) is 0 Å². The molecule has 0 aliphatic carbocycles. The Morgan fingerprint density at radius 2 is 1.71 bits per heavy atom. The zero-order chi connectivity index (χ0) is 22.5. The van der Waals surface area contributed by atoms with Crippen LogP contribution in [0.15, 0.2) is 53.4 Å². The minimum Gasteiger partial charge on any atom is -0.338 e. The van der Waals surface area contributed by atoms with Crippen LogP contribution in [0.4, 0.5) is 11.4 Å². The monoisotopic (exact) mass is 441 g/mol. The smallest absolute Gasteiger partial charge is 0.269 e. The number of nitrogens with zero attached hydrogens (tertiary/aromatic N) is 2. The van der Waals surface area contributed by atoms with Crippen molar-refractivity contribution >= 4 is 35.0 Å². The lowest BCUT2D eigenvalue weighted by Gasteiger charge is -2.35. The van der Waals surface area contributed by atoms with Crippen molar-refractivity contribution in [3.8, 4) is 0 Å². The number of piperidine rings is 1. The summed E-state index contributed by atoms with van der Waals surface area (Å²) in [5.41, 5.74) is 0.999. The quantitative estimate of drug-likeness (QED) is 0.394.